The van der Waals surface area contributed by atoms with Gasteiger partial charge in [-0.25, -0.2) is 0 Å². The van der Waals surface area contributed by atoms with E-state index >= 15 is 0 Å². The molecule has 122 valence electrons. The van der Waals surface area contributed by atoms with E-state index in [1.54, 1.807) is 0 Å². The van der Waals surface area contributed by atoms with E-state index in [4.69, 9.17) is 4.74 Å². The van der Waals surface area contributed by atoms with Gasteiger partial charge in [-0.2, -0.15) is 0 Å². The van der Waals surface area contributed by atoms with Crippen LogP contribution in [0.2, 0.25) is 0 Å². The van der Waals surface area contributed by atoms with Crippen molar-refractivity contribution in [2.45, 2.75) is 82.9 Å². The molecule has 2 heterocycles. The molecule has 0 amide bonds. The van der Waals surface area contributed by atoms with Gasteiger partial charge in [0.25, 0.3) is 0 Å². The molecule has 0 aromatic carbocycles. The van der Waals surface area contributed by atoms with Gasteiger partial charge in [0.15, 0.2) is 0 Å². The zero-order valence-electron chi connectivity index (χ0n) is 14.1. The molecular weight excluding hydrogens is 260 g/mol. The van der Waals surface area contributed by atoms with Gasteiger partial charge in [0.1, 0.15) is 0 Å². The molecule has 0 spiro atoms. The van der Waals surface area contributed by atoms with Crippen molar-refractivity contribution in [1.82, 2.24) is 10.2 Å². The van der Waals surface area contributed by atoms with Crippen LogP contribution in [0.1, 0.15) is 65.2 Å². The van der Waals surface area contributed by atoms with Gasteiger partial charge in [-0.3, -0.25) is 4.90 Å². The number of hydrogen-bond donors (Lipinski definition) is 1. The van der Waals surface area contributed by atoms with Gasteiger partial charge in [-0.05, 0) is 51.9 Å². The molecule has 2 saturated heterocycles. The van der Waals surface area contributed by atoms with Crippen LogP contribution in [0.3, 0.4) is 0 Å². The molecule has 2 atom stereocenters. The van der Waals surface area contributed by atoms with E-state index in [9.17, 15) is 0 Å². The Labute approximate surface area is 130 Å². The maximum absolute atomic E-state index is 5.83. The lowest BCUT2D eigenvalue weighted by Gasteiger charge is -2.48. The molecular formula is C18H34N2O. The minimum atomic E-state index is 0.266. The average molecular weight is 294 g/mol. The molecule has 3 heteroatoms. The van der Waals surface area contributed by atoms with Gasteiger partial charge in [0, 0.05) is 37.8 Å². The molecule has 1 aliphatic carbocycles. The van der Waals surface area contributed by atoms with E-state index in [1.165, 1.54) is 71.0 Å². The van der Waals surface area contributed by atoms with Crippen molar-refractivity contribution in [2.75, 3.05) is 26.2 Å². The number of nitrogens with one attached hydrogen (secondary N) is 1. The van der Waals surface area contributed by atoms with Gasteiger partial charge in [0.05, 0.1) is 6.10 Å². The Morgan fingerprint density at radius 1 is 1.10 bits per heavy atom. The highest BCUT2D eigenvalue weighted by Crippen LogP contribution is 2.32. The fourth-order valence-electron chi connectivity index (χ4n) is 4.60. The van der Waals surface area contributed by atoms with Crippen LogP contribution in [0, 0.1) is 5.92 Å². The lowest BCUT2D eigenvalue weighted by atomic mass is 9.81. The van der Waals surface area contributed by atoms with Crippen molar-refractivity contribution < 1.29 is 4.74 Å². The number of piperazine rings is 1. The first-order chi connectivity index (χ1) is 10.1. The lowest BCUT2D eigenvalue weighted by Crippen LogP contribution is -2.63. The summed E-state index contributed by atoms with van der Waals surface area (Å²) in [5.41, 5.74) is 0.266. The fraction of sp³-hybridized carbons (Fsp3) is 1.00. The SMILES string of the molecule is CC1(C)CN(CCC2CCCO2)C(C2CCCCC2)CN1. The molecule has 0 aromatic heterocycles. The van der Waals surface area contributed by atoms with Crippen LogP contribution in [-0.4, -0.2) is 48.8 Å². The van der Waals surface area contributed by atoms with Crippen LogP contribution in [0.5, 0.6) is 0 Å². The number of nitrogens with zero attached hydrogens (tertiary/aromatic N) is 1. The van der Waals surface area contributed by atoms with Crippen molar-refractivity contribution in [3.63, 3.8) is 0 Å². The summed E-state index contributed by atoms with van der Waals surface area (Å²) < 4.78 is 5.83. The summed E-state index contributed by atoms with van der Waals surface area (Å²) in [5.74, 6) is 0.923. The van der Waals surface area contributed by atoms with Crippen LogP contribution in [-0.2, 0) is 4.74 Å². The standard InChI is InChI=1S/C18H34N2O/c1-18(2)14-20(11-10-16-9-6-12-21-16)17(13-19-18)15-7-4-3-5-8-15/h15-17,19H,3-14H2,1-2H3. The highest BCUT2D eigenvalue weighted by atomic mass is 16.5. The van der Waals surface area contributed by atoms with Crippen LogP contribution >= 0.6 is 0 Å². The third-order valence-corrected chi connectivity index (χ3v) is 5.81. The average Bonchev–Trinajstić information content (AvgIpc) is 2.98. The van der Waals surface area contributed by atoms with Crippen molar-refractivity contribution in [3.8, 4) is 0 Å². The van der Waals surface area contributed by atoms with Gasteiger partial charge in [-0.15, -0.1) is 0 Å². The molecule has 1 N–H and O–H groups in total. The molecule has 0 radical (unpaired) electrons. The van der Waals surface area contributed by atoms with E-state index in [-0.39, 0.29) is 5.54 Å². The normalized spacial score (nSPS) is 35.1. The first-order valence-corrected chi connectivity index (χ1v) is 9.25. The van der Waals surface area contributed by atoms with Gasteiger partial charge in [0.2, 0.25) is 0 Å². The second-order valence-electron chi connectivity index (χ2n) is 8.12. The predicted molar refractivity (Wildman–Crippen MR) is 87.6 cm³/mol. The highest BCUT2D eigenvalue weighted by Gasteiger charge is 2.37. The van der Waals surface area contributed by atoms with Crippen LogP contribution in [0.15, 0.2) is 0 Å². The molecule has 3 fully saturated rings. The molecule has 2 unspecified atom stereocenters. The van der Waals surface area contributed by atoms with Crippen molar-refractivity contribution in [1.29, 1.82) is 0 Å². The Morgan fingerprint density at radius 3 is 2.62 bits per heavy atom. The number of ether oxygens (including phenoxy) is 1. The minimum absolute atomic E-state index is 0.266. The summed E-state index contributed by atoms with van der Waals surface area (Å²) in [6.45, 7) is 9.30. The summed E-state index contributed by atoms with van der Waals surface area (Å²) in [4.78, 5) is 2.80. The monoisotopic (exact) mass is 294 g/mol. The Kier molecular flexibility index (Phi) is 5.23. The van der Waals surface area contributed by atoms with Crippen molar-refractivity contribution in [2.24, 2.45) is 5.92 Å². The van der Waals surface area contributed by atoms with E-state index < -0.39 is 0 Å². The predicted octanol–water partition coefficient (Wildman–Crippen LogP) is 3.19. The molecule has 1 saturated carbocycles. The van der Waals surface area contributed by atoms with Gasteiger partial charge < -0.3 is 10.1 Å². The number of hydrogen-bond acceptors (Lipinski definition) is 3. The summed E-state index contributed by atoms with van der Waals surface area (Å²) in [6.07, 6.45) is 11.6. The molecule has 2 aliphatic heterocycles. The van der Waals surface area contributed by atoms with E-state index in [2.05, 4.69) is 24.1 Å². The largest absolute Gasteiger partial charge is 0.378 e. The van der Waals surface area contributed by atoms with E-state index in [0.717, 1.165) is 18.6 Å². The Morgan fingerprint density at radius 2 is 1.90 bits per heavy atom. The molecule has 21 heavy (non-hydrogen) atoms. The Bertz CT molecular complexity index is 319. The highest BCUT2D eigenvalue weighted by molar-refractivity contribution is 4.95. The van der Waals surface area contributed by atoms with Gasteiger partial charge >= 0.3 is 0 Å². The summed E-state index contributed by atoms with van der Waals surface area (Å²) in [7, 11) is 0. The molecule has 3 rings (SSSR count). The van der Waals surface area contributed by atoms with E-state index in [1.807, 2.05) is 0 Å². The lowest BCUT2D eigenvalue weighted by molar-refractivity contribution is 0.0290. The molecule has 0 bridgehead atoms. The van der Waals surface area contributed by atoms with Crippen LogP contribution < -0.4 is 5.32 Å². The number of rotatable bonds is 4. The second kappa shape index (κ2) is 6.97. The second-order valence-corrected chi connectivity index (χ2v) is 8.12. The third kappa shape index (κ3) is 4.20. The van der Waals surface area contributed by atoms with Crippen LogP contribution in [0.25, 0.3) is 0 Å². The minimum Gasteiger partial charge on any atom is -0.378 e. The zero-order valence-corrected chi connectivity index (χ0v) is 14.1. The first kappa shape index (κ1) is 15.8. The van der Waals surface area contributed by atoms with Crippen molar-refractivity contribution >= 4 is 0 Å². The first-order valence-electron chi connectivity index (χ1n) is 9.25. The Hall–Kier alpha value is -0.120. The zero-order chi connectivity index (χ0) is 14.7. The molecule has 3 nitrogen and oxygen atoms in total. The quantitative estimate of drug-likeness (QED) is 0.862. The summed E-state index contributed by atoms with van der Waals surface area (Å²) in [5, 5.41) is 3.79. The molecule has 3 aliphatic rings. The topological polar surface area (TPSA) is 24.5 Å². The summed E-state index contributed by atoms with van der Waals surface area (Å²) in [6, 6.07) is 0.764. The van der Waals surface area contributed by atoms with E-state index in [0.29, 0.717) is 6.10 Å². The Balaban J connectivity index is 1.58. The summed E-state index contributed by atoms with van der Waals surface area (Å²) >= 11 is 0. The molecule has 0 aromatic rings. The van der Waals surface area contributed by atoms with Gasteiger partial charge in [-0.1, -0.05) is 19.3 Å². The smallest absolute Gasteiger partial charge is 0.0588 e. The maximum Gasteiger partial charge on any atom is 0.0588 e. The third-order valence-electron chi connectivity index (χ3n) is 5.81. The fourth-order valence-corrected chi connectivity index (χ4v) is 4.60. The maximum atomic E-state index is 5.83. The van der Waals surface area contributed by atoms with Crippen LogP contribution in [0.4, 0.5) is 0 Å². The van der Waals surface area contributed by atoms with Crippen molar-refractivity contribution in [3.05, 3.63) is 0 Å².